The molecule has 0 aliphatic rings. The van der Waals surface area contributed by atoms with Gasteiger partial charge < -0.3 is 14.0 Å². The normalized spacial score (nSPS) is 11.7. The predicted molar refractivity (Wildman–Crippen MR) is 80.7 cm³/mol. The molecule has 0 fully saturated rings. The lowest BCUT2D eigenvalue weighted by atomic mass is 10.2. The minimum atomic E-state index is -2.05. The van der Waals surface area contributed by atoms with Crippen molar-refractivity contribution in [3.05, 3.63) is 29.8 Å². The van der Waals surface area contributed by atoms with Crippen molar-refractivity contribution < 1.29 is 14.0 Å². The summed E-state index contributed by atoms with van der Waals surface area (Å²) >= 11 is 0. The third-order valence-corrected chi connectivity index (χ3v) is 7.08. The molecular weight excluding hydrogens is 256 g/mol. The maximum Gasteiger partial charge on any atom is 0.338 e. The van der Waals surface area contributed by atoms with Crippen molar-refractivity contribution in [3.63, 3.8) is 0 Å². The maximum absolute atomic E-state index is 9.30. The standard InChI is InChI=1S/C15H26O3Si/c1-4-12-19(17-5-2,18-6-3)13-11-14-7-9-15(16)10-8-14/h7-10,16H,4-6,11-13H2,1-3H3. The average molecular weight is 282 g/mol. The van der Waals surface area contributed by atoms with E-state index in [1.54, 1.807) is 12.1 Å². The van der Waals surface area contributed by atoms with E-state index in [0.717, 1.165) is 38.1 Å². The van der Waals surface area contributed by atoms with Crippen molar-refractivity contribution in [2.75, 3.05) is 13.2 Å². The van der Waals surface area contributed by atoms with E-state index in [1.165, 1.54) is 5.56 Å². The Bertz CT molecular complexity index is 334. The summed E-state index contributed by atoms with van der Waals surface area (Å²) < 4.78 is 12.0. The SMILES string of the molecule is CCC[Si](CCc1ccc(O)cc1)(OCC)OCC. The molecule has 3 nitrogen and oxygen atoms in total. The molecule has 0 radical (unpaired) electrons. The quantitative estimate of drug-likeness (QED) is 0.699. The first-order valence-electron chi connectivity index (χ1n) is 7.21. The number of benzene rings is 1. The van der Waals surface area contributed by atoms with Crippen LogP contribution in [-0.4, -0.2) is 26.9 Å². The second-order valence-corrected chi connectivity index (χ2v) is 8.09. The highest BCUT2D eigenvalue weighted by Crippen LogP contribution is 2.24. The molecule has 0 unspecified atom stereocenters. The predicted octanol–water partition coefficient (Wildman–Crippen LogP) is 3.86. The van der Waals surface area contributed by atoms with E-state index >= 15 is 0 Å². The second kappa shape index (κ2) is 8.35. The van der Waals surface area contributed by atoms with Gasteiger partial charge in [0, 0.05) is 13.2 Å². The van der Waals surface area contributed by atoms with Crippen LogP contribution in [0.1, 0.15) is 32.8 Å². The Labute approximate surface area is 117 Å². The smallest absolute Gasteiger partial charge is 0.338 e. The molecule has 0 bridgehead atoms. The summed E-state index contributed by atoms with van der Waals surface area (Å²) in [7, 11) is -2.05. The minimum absolute atomic E-state index is 0.315. The van der Waals surface area contributed by atoms with Gasteiger partial charge in [0.15, 0.2) is 0 Å². The van der Waals surface area contributed by atoms with Crippen LogP contribution in [0.5, 0.6) is 5.75 Å². The molecule has 0 aliphatic carbocycles. The third-order valence-electron chi connectivity index (χ3n) is 3.18. The van der Waals surface area contributed by atoms with Crippen LogP contribution >= 0.6 is 0 Å². The Balaban J connectivity index is 2.67. The zero-order chi connectivity index (χ0) is 14.1. The van der Waals surface area contributed by atoms with Crippen LogP contribution in [0.25, 0.3) is 0 Å². The molecule has 0 saturated heterocycles. The van der Waals surface area contributed by atoms with Gasteiger partial charge in [-0.2, -0.15) is 0 Å². The summed E-state index contributed by atoms with van der Waals surface area (Å²) in [6.07, 6.45) is 2.05. The Morgan fingerprint density at radius 1 is 0.947 bits per heavy atom. The van der Waals surface area contributed by atoms with Gasteiger partial charge >= 0.3 is 8.56 Å². The van der Waals surface area contributed by atoms with E-state index in [1.807, 2.05) is 26.0 Å². The van der Waals surface area contributed by atoms with Gasteiger partial charge in [-0.05, 0) is 50.1 Å². The van der Waals surface area contributed by atoms with Crippen molar-refractivity contribution in [2.45, 2.75) is 45.7 Å². The second-order valence-electron chi connectivity index (χ2n) is 4.69. The van der Waals surface area contributed by atoms with Crippen molar-refractivity contribution in [2.24, 2.45) is 0 Å². The molecule has 4 heteroatoms. The minimum Gasteiger partial charge on any atom is -0.508 e. The van der Waals surface area contributed by atoms with Crippen LogP contribution < -0.4 is 0 Å². The van der Waals surface area contributed by atoms with E-state index < -0.39 is 8.56 Å². The van der Waals surface area contributed by atoms with Gasteiger partial charge in [0.1, 0.15) is 5.75 Å². The van der Waals surface area contributed by atoms with Gasteiger partial charge in [-0.25, -0.2) is 0 Å². The highest BCUT2D eigenvalue weighted by molar-refractivity contribution is 6.67. The average Bonchev–Trinajstić information content (AvgIpc) is 2.39. The van der Waals surface area contributed by atoms with E-state index in [4.69, 9.17) is 8.85 Å². The molecule has 0 heterocycles. The summed E-state index contributed by atoms with van der Waals surface area (Å²) in [5.74, 6) is 0.315. The summed E-state index contributed by atoms with van der Waals surface area (Å²) in [4.78, 5) is 0. The largest absolute Gasteiger partial charge is 0.508 e. The first kappa shape index (κ1) is 16.2. The lowest BCUT2D eigenvalue weighted by Gasteiger charge is -2.30. The summed E-state index contributed by atoms with van der Waals surface area (Å²) in [6.45, 7) is 7.71. The number of rotatable bonds is 9. The fourth-order valence-corrected chi connectivity index (χ4v) is 5.75. The van der Waals surface area contributed by atoms with E-state index in [2.05, 4.69) is 6.92 Å². The Morgan fingerprint density at radius 2 is 1.53 bits per heavy atom. The van der Waals surface area contributed by atoms with E-state index in [0.29, 0.717) is 5.75 Å². The first-order chi connectivity index (χ1) is 9.15. The summed E-state index contributed by atoms with van der Waals surface area (Å²) in [5, 5.41) is 9.30. The van der Waals surface area contributed by atoms with Gasteiger partial charge in [0.05, 0.1) is 0 Å². The van der Waals surface area contributed by atoms with Crippen LogP contribution in [-0.2, 0) is 15.3 Å². The van der Waals surface area contributed by atoms with Gasteiger partial charge in [0.25, 0.3) is 0 Å². The fourth-order valence-electron chi connectivity index (χ4n) is 2.36. The van der Waals surface area contributed by atoms with Gasteiger partial charge in [-0.1, -0.05) is 25.5 Å². The van der Waals surface area contributed by atoms with Crippen LogP contribution in [0, 0.1) is 0 Å². The molecule has 0 atom stereocenters. The van der Waals surface area contributed by atoms with Crippen molar-refractivity contribution in [3.8, 4) is 5.75 Å². The highest BCUT2D eigenvalue weighted by atomic mass is 28.4. The number of hydrogen-bond donors (Lipinski definition) is 1. The van der Waals surface area contributed by atoms with Gasteiger partial charge in [-0.3, -0.25) is 0 Å². The lowest BCUT2D eigenvalue weighted by Crippen LogP contribution is -2.42. The molecular formula is C15H26O3Si. The number of phenols is 1. The van der Waals surface area contributed by atoms with Crippen molar-refractivity contribution >= 4 is 8.56 Å². The fraction of sp³-hybridized carbons (Fsp3) is 0.600. The van der Waals surface area contributed by atoms with Crippen LogP contribution in [0.2, 0.25) is 12.1 Å². The van der Waals surface area contributed by atoms with Crippen LogP contribution in [0.3, 0.4) is 0 Å². The van der Waals surface area contributed by atoms with Crippen molar-refractivity contribution in [1.82, 2.24) is 0 Å². The number of hydrogen-bond acceptors (Lipinski definition) is 3. The molecule has 0 aliphatic heterocycles. The molecule has 1 aromatic carbocycles. The third kappa shape index (κ3) is 5.34. The monoisotopic (exact) mass is 282 g/mol. The summed E-state index contributed by atoms with van der Waals surface area (Å²) in [5.41, 5.74) is 1.23. The first-order valence-corrected chi connectivity index (χ1v) is 9.44. The molecule has 1 aromatic rings. The Morgan fingerprint density at radius 3 is 2.00 bits per heavy atom. The lowest BCUT2D eigenvalue weighted by molar-refractivity contribution is 0.182. The molecule has 19 heavy (non-hydrogen) atoms. The molecule has 0 spiro atoms. The molecule has 1 rings (SSSR count). The molecule has 0 saturated carbocycles. The zero-order valence-electron chi connectivity index (χ0n) is 12.3. The molecule has 1 N–H and O–H groups in total. The van der Waals surface area contributed by atoms with Crippen LogP contribution in [0.4, 0.5) is 0 Å². The van der Waals surface area contributed by atoms with E-state index in [9.17, 15) is 5.11 Å². The van der Waals surface area contributed by atoms with Gasteiger partial charge in [-0.15, -0.1) is 0 Å². The summed E-state index contributed by atoms with van der Waals surface area (Å²) in [6, 6.07) is 9.44. The van der Waals surface area contributed by atoms with E-state index in [-0.39, 0.29) is 0 Å². The zero-order valence-corrected chi connectivity index (χ0v) is 13.3. The van der Waals surface area contributed by atoms with Crippen molar-refractivity contribution in [1.29, 1.82) is 0 Å². The maximum atomic E-state index is 9.30. The van der Waals surface area contributed by atoms with Crippen LogP contribution in [0.15, 0.2) is 24.3 Å². The number of aryl methyl sites for hydroxylation is 1. The topological polar surface area (TPSA) is 38.7 Å². The Kier molecular flexibility index (Phi) is 7.13. The molecule has 0 aromatic heterocycles. The number of aromatic hydroxyl groups is 1. The molecule has 108 valence electrons. The highest BCUT2D eigenvalue weighted by Gasteiger charge is 2.35. The molecule has 0 amide bonds. The number of phenolic OH excluding ortho intramolecular Hbond substituents is 1. The van der Waals surface area contributed by atoms with Gasteiger partial charge in [0.2, 0.25) is 0 Å². The Hall–Kier alpha value is -0.843.